The highest BCUT2D eigenvalue weighted by Crippen LogP contribution is 2.37. The van der Waals surface area contributed by atoms with Gasteiger partial charge in [-0.25, -0.2) is 0 Å². The van der Waals surface area contributed by atoms with E-state index in [1.54, 1.807) is 6.92 Å². The van der Waals surface area contributed by atoms with E-state index in [2.05, 4.69) is 0 Å². The number of carbonyl (C=O) groups is 1. The van der Waals surface area contributed by atoms with E-state index in [0.29, 0.717) is 19.4 Å². The molecule has 0 aromatic heterocycles. The molecule has 2 saturated heterocycles. The highest BCUT2D eigenvalue weighted by Gasteiger charge is 2.47. The van der Waals surface area contributed by atoms with Crippen LogP contribution in [0.5, 0.6) is 0 Å². The summed E-state index contributed by atoms with van der Waals surface area (Å²) in [6, 6.07) is 0. The van der Waals surface area contributed by atoms with E-state index in [9.17, 15) is 4.79 Å². The molecule has 4 heteroatoms. The van der Waals surface area contributed by atoms with Gasteiger partial charge in [0, 0.05) is 12.8 Å². The Kier molecular flexibility index (Phi) is 2.49. The van der Waals surface area contributed by atoms with Crippen LogP contribution in [-0.2, 0) is 14.3 Å². The molecule has 2 aliphatic heterocycles. The van der Waals surface area contributed by atoms with Crippen molar-refractivity contribution in [2.24, 2.45) is 5.73 Å². The van der Waals surface area contributed by atoms with Crippen LogP contribution in [0.2, 0.25) is 0 Å². The maximum atomic E-state index is 11.6. The molecule has 2 N–H and O–H groups in total. The molecule has 2 atom stereocenters. The normalized spacial score (nSPS) is 41.0. The minimum atomic E-state index is -0.792. The van der Waals surface area contributed by atoms with Crippen LogP contribution >= 0.6 is 0 Å². The number of esters is 1. The number of nitrogens with two attached hydrogens (primary N) is 1. The van der Waals surface area contributed by atoms with E-state index >= 15 is 0 Å². The first-order valence-electron chi connectivity index (χ1n) is 5.25. The third kappa shape index (κ3) is 1.64. The van der Waals surface area contributed by atoms with Crippen molar-refractivity contribution in [3.8, 4) is 0 Å². The van der Waals surface area contributed by atoms with Gasteiger partial charge in [0.15, 0.2) is 0 Å². The molecular weight excluding hydrogens is 182 g/mol. The Morgan fingerprint density at radius 2 is 2.07 bits per heavy atom. The standard InChI is InChI=1S/C10H17NO3/c1-2-13-9(12)10(11)5-7-3-4-8(6-10)14-7/h7-8H,2-6,11H2,1H3. The number of ether oxygens (including phenoxy) is 2. The van der Waals surface area contributed by atoms with Gasteiger partial charge in [-0.1, -0.05) is 0 Å². The first-order valence-corrected chi connectivity index (χ1v) is 5.25. The summed E-state index contributed by atoms with van der Waals surface area (Å²) in [6.07, 6.45) is 3.63. The van der Waals surface area contributed by atoms with Crippen LogP contribution < -0.4 is 5.73 Å². The van der Waals surface area contributed by atoms with Crippen LogP contribution in [-0.4, -0.2) is 30.3 Å². The summed E-state index contributed by atoms with van der Waals surface area (Å²) in [5.41, 5.74) is 5.26. The summed E-state index contributed by atoms with van der Waals surface area (Å²) >= 11 is 0. The van der Waals surface area contributed by atoms with Gasteiger partial charge in [-0.15, -0.1) is 0 Å². The predicted molar refractivity (Wildman–Crippen MR) is 50.7 cm³/mol. The third-order valence-electron chi connectivity index (χ3n) is 3.06. The second-order valence-electron chi connectivity index (χ2n) is 4.24. The second kappa shape index (κ2) is 3.51. The van der Waals surface area contributed by atoms with Crippen molar-refractivity contribution in [3.63, 3.8) is 0 Å². The molecule has 14 heavy (non-hydrogen) atoms. The Hall–Kier alpha value is -0.610. The van der Waals surface area contributed by atoms with Crippen molar-refractivity contribution in [1.82, 2.24) is 0 Å². The quantitative estimate of drug-likeness (QED) is 0.661. The Morgan fingerprint density at radius 1 is 1.50 bits per heavy atom. The summed E-state index contributed by atoms with van der Waals surface area (Å²) in [7, 11) is 0. The number of rotatable bonds is 2. The van der Waals surface area contributed by atoms with E-state index in [1.165, 1.54) is 0 Å². The monoisotopic (exact) mass is 199 g/mol. The largest absolute Gasteiger partial charge is 0.465 e. The summed E-state index contributed by atoms with van der Waals surface area (Å²) in [6.45, 7) is 2.20. The van der Waals surface area contributed by atoms with Crippen molar-refractivity contribution in [2.75, 3.05) is 6.61 Å². The average Bonchev–Trinajstić information content (AvgIpc) is 2.46. The summed E-state index contributed by atoms with van der Waals surface area (Å²) in [5.74, 6) is -0.264. The topological polar surface area (TPSA) is 61.5 Å². The number of hydrogen-bond donors (Lipinski definition) is 1. The lowest BCUT2D eigenvalue weighted by Gasteiger charge is -2.35. The lowest BCUT2D eigenvalue weighted by molar-refractivity contribution is -0.156. The highest BCUT2D eigenvalue weighted by molar-refractivity contribution is 5.80. The zero-order valence-electron chi connectivity index (χ0n) is 8.49. The smallest absolute Gasteiger partial charge is 0.326 e. The van der Waals surface area contributed by atoms with Gasteiger partial charge in [0.2, 0.25) is 0 Å². The number of carbonyl (C=O) groups excluding carboxylic acids is 1. The molecule has 0 amide bonds. The molecule has 0 radical (unpaired) electrons. The fraction of sp³-hybridized carbons (Fsp3) is 0.900. The van der Waals surface area contributed by atoms with Crippen LogP contribution in [0.4, 0.5) is 0 Å². The van der Waals surface area contributed by atoms with Crippen molar-refractivity contribution < 1.29 is 14.3 Å². The van der Waals surface area contributed by atoms with Crippen LogP contribution in [0.15, 0.2) is 0 Å². The molecule has 2 heterocycles. The maximum Gasteiger partial charge on any atom is 0.326 e. The van der Waals surface area contributed by atoms with Gasteiger partial charge in [-0.05, 0) is 19.8 Å². The minimum Gasteiger partial charge on any atom is -0.465 e. The van der Waals surface area contributed by atoms with Crippen molar-refractivity contribution in [1.29, 1.82) is 0 Å². The lowest BCUT2D eigenvalue weighted by Crippen LogP contribution is -2.55. The van der Waals surface area contributed by atoms with Gasteiger partial charge in [0.1, 0.15) is 5.54 Å². The van der Waals surface area contributed by atoms with E-state index in [1.807, 2.05) is 0 Å². The molecule has 0 aromatic rings. The molecule has 2 rings (SSSR count). The fourth-order valence-corrected chi connectivity index (χ4v) is 2.42. The van der Waals surface area contributed by atoms with Gasteiger partial charge in [-0.2, -0.15) is 0 Å². The molecule has 4 nitrogen and oxygen atoms in total. The van der Waals surface area contributed by atoms with Gasteiger partial charge in [-0.3, -0.25) is 4.79 Å². The fourth-order valence-electron chi connectivity index (χ4n) is 2.42. The Balaban J connectivity index is 2.05. The highest BCUT2D eigenvalue weighted by atomic mass is 16.5. The van der Waals surface area contributed by atoms with Crippen LogP contribution in [0.3, 0.4) is 0 Å². The molecule has 2 unspecified atom stereocenters. The summed E-state index contributed by atoms with van der Waals surface area (Å²) in [4.78, 5) is 11.6. The Morgan fingerprint density at radius 3 is 2.57 bits per heavy atom. The van der Waals surface area contributed by atoms with E-state index in [0.717, 1.165) is 12.8 Å². The molecule has 2 aliphatic rings. The molecule has 0 aromatic carbocycles. The zero-order valence-corrected chi connectivity index (χ0v) is 8.49. The van der Waals surface area contributed by atoms with Gasteiger partial charge >= 0.3 is 5.97 Å². The molecule has 0 aliphatic carbocycles. The maximum absolute atomic E-state index is 11.6. The van der Waals surface area contributed by atoms with Crippen LogP contribution in [0, 0.1) is 0 Å². The average molecular weight is 199 g/mol. The van der Waals surface area contributed by atoms with E-state index in [-0.39, 0.29) is 18.2 Å². The summed E-state index contributed by atoms with van der Waals surface area (Å²) in [5, 5.41) is 0. The van der Waals surface area contributed by atoms with Crippen LogP contribution in [0.25, 0.3) is 0 Å². The zero-order chi connectivity index (χ0) is 10.2. The molecule has 80 valence electrons. The lowest BCUT2D eigenvalue weighted by atomic mass is 9.87. The second-order valence-corrected chi connectivity index (χ2v) is 4.24. The molecule has 2 fully saturated rings. The molecule has 0 saturated carbocycles. The van der Waals surface area contributed by atoms with E-state index < -0.39 is 5.54 Å². The first kappa shape index (κ1) is 9.93. The molecule has 0 spiro atoms. The minimum absolute atomic E-state index is 0.170. The molecular formula is C10H17NO3. The van der Waals surface area contributed by atoms with Crippen LogP contribution in [0.1, 0.15) is 32.6 Å². The SMILES string of the molecule is CCOC(=O)C1(N)CC2CCC(C1)O2. The van der Waals surface area contributed by atoms with Gasteiger partial charge in [0.25, 0.3) is 0 Å². The van der Waals surface area contributed by atoms with Gasteiger partial charge < -0.3 is 15.2 Å². The number of fused-ring (bicyclic) bond motifs is 2. The number of hydrogen-bond acceptors (Lipinski definition) is 4. The summed E-state index contributed by atoms with van der Waals surface area (Å²) < 4.78 is 10.6. The third-order valence-corrected chi connectivity index (χ3v) is 3.06. The Bertz CT molecular complexity index is 230. The van der Waals surface area contributed by atoms with Gasteiger partial charge in [0.05, 0.1) is 18.8 Å². The molecule has 2 bridgehead atoms. The van der Waals surface area contributed by atoms with E-state index in [4.69, 9.17) is 15.2 Å². The van der Waals surface area contributed by atoms with Crippen molar-refractivity contribution in [3.05, 3.63) is 0 Å². The first-order chi connectivity index (χ1) is 6.64. The van der Waals surface area contributed by atoms with Crippen molar-refractivity contribution in [2.45, 2.75) is 50.4 Å². The van der Waals surface area contributed by atoms with Crippen molar-refractivity contribution >= 4 is 5.97 Å². The predicted octanol–water partition coefficient (Wildman–Crippen LogP) is 0.588. The Labute approximate surface area is 83.7 Å².